The molecule has 1 fully saturated rings. The van der Waals surface area contributed by atoms with Gasteiger partial charge in [-0.15, -0.1) is 0 Å². The first-order valence-corrected chi connectivity index (χ1v) is 6.86. The summed E-state index contributed by atoms with van der Waals surface area (Å²) in [5, 5.41) is 1.93. The highest BCUT2D eigenvalue weighted by atomic mass is 16.7. The molecule has 1 aliphatic carbocycles. The lowest BCUT2D eigenvalue weighted by Gasteiger charge is -2.32. The summed E-state index contributed by atoms with van der Waals surface area (Å²) >= 11 is 0. The number of hydrogen-bond donors (Lipinski definition) is 1. The van der Waals surface area contributed by atoms with Gasteiger partial charge in [-0.2, -0.15) is 5.06 Å². The van der Waals surface area contributed by atoms with Gasteiger partial charge in [0.2, 0.25) is 5.91 Å². The van der Waals surface area contributed by atoms with E-state index >= 15 is 0 Å². The minimum atomic E-state index is -0.161. The zero-order valence-corrected chi connectivity index (χ0v) is 11.4. The number of rotatable bonds is 5. The van der Waals surface area contributed by atoms with Crippen molar-refractivity contribution >= 4 is 5.91 Å². The van der Waals surface area contributed by atoms with E-state index in [0.29, 0.717) is 12.6 Å². The molecule has 0 atom stereocenters. The molecular formula is C15H22N2O2. The summed E-state index contributed by atoms with van der Waals surface area (Å²) in [5.74, 6) is -0.106. The molecule has 104 valence electrons. The van der Waals surface area contributed by atoms with E-state index in [4.69, 9.17) is 10.6 Å². The van der Waals surface area contributed by atoms with Crippen LogP contribution < -0.4 is 5.73 Å². The Morgan fingerprint density at radius 3 is 2.47 bits per heavy atom. The Hall–Kier alpha value is -1.39. The maximum Gasteiger partial charge on any atom is 0.220 e. The van der Waals surface area contributed by atoms with E-state index in [1.165, 1.54) is 5.56 Å². The van der Waals surface area contributed by atoms with Crippen LogP contribution in [0.25, 0.3) is 0 Å². The third kappa shape index (κ3) is 4.04. The Balaban J connectivity index is 1.75. The predicted molar refractivity (Wildman–Crippen MR) is 73.9 cm³/mol. The maximum atomic E-state index is 11.1. The minimum absolute atomic E-state index is 0.0544. The molecule has 1 aliphatic rings. The first kappa shape index (κ1) is 14.0. The number of amides is 1. The Kier molecular flexibility index (Phi) is 4.93. The van der Waals surface area contributed by atoms with Crippen LogP contribution in [0.2, 0.25) is 0 Å². The van der Waals surface area contributed by atoms with Gasteiger partial charge < -0.3 is 5.73 Å². The number of carbonyl (C=O) groups excluding carboxylic acids is 1. The number of hydroxylamine groups is 2. The number of hydrogen-bond acceptors (Lipinski definition) is 3. The summed E-state index contributed by atoms with van der Waals surface area (Å²) in [6.45, 7) is 0.590. The van der Waals surface area contributed by atoms with Crippen molar-refractivity contribution in [3.8, 4) is 0 Å². The largest absolute Gasteiger partial charge is 0.369 e. The van der Waals surface area contributed by atoms with Gasteiger partial charge >= 0.3 is 0 Å². The van der Waals surface area contributed by atoms with Crippen LogP contribution in [0.15, 0.2) is 30.3 Å². The molecule has 0 aliphatic heterocycles. The normalized spacial score (nSPS) is 23.5. The number of nitrogens with two attached hydrogens (primary N) is 1. The maximum absolute atomic E-state index is 11.1. The molecule has 0 bridgehead atoms. The fourth-order valence-corrected chi connectivity index (χ4v) is 2.58. The van der Waals surface area contributed by atoms with Crippen LogP contribution in [-0.2, 0) is 16.2 Å². The lowest BCUT2D eigenvalue weighted by atomic mass is 9.85. The van der Waals surface area contributed by atoms with Crippen LogP contribution in [-0.4, -0.2) is 24.1 Å². The molecule has 0 spiro atoms. The summed E-state index contributed by atoms with van der Waals surface area (Å²) in [6, 6.07) is 10.5. The van der Waals surface area contributed by atoms with Crippen LogP contribution in [0.4, 0.5) is 0 Å². The van der Waals surface area contributed by atoms with Crippen molar-refractivity contribution in [3.05, 3.63) is 35.9 Å². The highest BCUT2D eigenvalue weighted by Crippen LogP contribution is 2.27. The van der Waals surface area contributed by atoms with Gasteiger partial charge in [-0.1, -0.05) is 30.3 Å². The van der Waals surface area contributed by atoms with Crippen LogP contribution in [0, 0.1) is 5.92 Å². The van der Waals surface area contributed by atoms with Crippen LogP contribution in [0.3, 0.4) is 0 Å². The Labute approximate surface area is 114 Å². The predicted octanol–water partition coefficient (Wildman–Crippen LogP) is 2.09. The molecule has 2 rings (SSSR count). The molecule has 0 radical (unpaired) electrons. The lowest BCUT2D eigenvalue weighted by Crippen LogP contribution is -2.37. The topological polar surface area (TPSA) is 55.6 Å². The van der Waals surface area contributed by atoms with Gasteiger partial charge in [0, 0.05) is 19.0 Å². The zero-order chi connectivity index (χ0) is 13.7. The number of nitrogens with zero attached hydrogens (tertiary/aromatic N) is 1. The second-order valence-electron chi connectivity index (χ2n) is 5.21. The third-order valence-corrected chi connectivity index (χ3v) is 3.89. The highest BCUT2D eigenvalue weighted by Gasteiger charge is 2.27. The van der Waals surface area contributed by atoms with Gasteiger partial charge in [0.05, 0.1) is 6.61 Å². The van der Waals surface area contributed by atoms with Crippen molar-refractivity contribution in [3.63, 3.8) is 0 Å². The average Bonchev–Trinajstić information content (AvgIpc) is 2.46. The van der Waals surface area contributed by atoms with Gasteiger partial charge in [0.15, 0.2) is 0 Å². The molecule has 4 heteroatoms. The summed E-state index contributed by atoms with van der Waals surface area (Å²) < 4.78 is 0. The summed E-state index contributed by atoms with van der Waals surface area (Å²) in [7, 11) is 1.97. The average molecular weight is 262 g/mol. The van der Waals surface area contributed by atoms with Crippen molar-refractivity contribution in [2.45, 2.75) is 38.3 Å². The van der Waals surface area contributed by atoms with E-state index in [0.717, 1.165) is 25.7 Å². The molecule has 0 aromatic heterocycles. The van der Waals surface area contributed by atoms with Crippen LogP contribution in [0.5, 0.6) is 0 Å². The van der Waals surface area contributed by atoms with Crippen LogP contribution >= 0.6 is 0 Å². The quantitative estimate of drug-likeness (QED) is 0.827. The van der Waals surface area contributed by atoms with E-state index in [9.17, 15) is 4.79 Å². The molecule has 1 aromatic rings. The van der Waals surface area contributed by atoms with E-state index in [2.05, 4.69) is 12.1 Å². The third-order valence-electron chi connectivity index (χ3n) is 3.89. The number of primary amides is 1. The van der Waals surface area contributed by atoms with Crippen molar-refractivity contribution in [2.75, 3.05) is 7.05 Å². The Bertz CT molecular complexity index is 400. The second-order valence-corrected chi connectivity index (χ2v) is 5.21. The molecule has 1 saturated carbocycles. The number of carbonyl (C=O) groups is 1. The van der Waals surface area contributed by atoms with Crippen molar-refractivity contribution in [1.82, 2.24) is 5.06 Å². The molecule has 19 heavy (non-hydrogen) atoms. The lowest BCUT2D eigenvalue weighted by molar-refractivity contribution is -0.185. The first-order valence-electron chi connectivity index (χ1n) is 6.86. The standard InChI is InChI=1S/C15H22N2O2/c1-17(19-11-12-5-3-2-4-6-12)14-9-7-13(8-10-14)15(16)18/h2-6,13-14H,7-11H2,1H3,(H2,16,18)/t13-,14-. The zero-order valence-electron chi connectivity index (χ0n) is 11.4. The van der Waals surface area contributed by atoms with Crippen LogP contribution in [0.1, 0.15) is 31.2 Å². The van der Waals surface area contributed by atoms with Crippen molar-refractivity contribution in [2.24, 2.45) is 11.7 Å². The SMILES string of the molecule is CN(OCc1ccccc1)[C@H]1CC[C@H](C(N)=O)CC1. The number of benzene rings is 1. The Morgan fingerprint density at radius 1 is 1.26 bits per heavy atom. The second kappa shape index (κ2) is 6.68. The van der Waals surface area contributed by atoms with E-state index in [1.54, 1.807) is 0 Å². The summed E-state index contributed by atoms with van der Waals surface area (Å²) in [4.78, 5) is 16.9. The first-order chi connectivity index (χ1) is 9.16. The molecule has 0 heterocycles. The van der Waals surface area contributed by atoms with Crippen molar-refractivity contribution in [1.29, 1.82) is 0 Å². The molecule has 0 saturated heterocycles. The molecule has 1 aromatic carbocycles. The summed E-state index contributed by atoms with van der Waals surface area (Å²) in [5.41, 5.74) is 6.51. The Morgan fingerprint density at radius 2 is 1.89 bits per heavy atom. The smallest absolute Gasteiger partial charge is 0.220 e. The molecule has 2 N–H and O–H groups in total. The minimum Gasteiger partial charge on any atom is -0.369 e. The summed E-state index contributed by atoms with van der Waals surface area (Å²) in [6.07, 6.45) is 3.69. The van der Waals surface area contributed by atoms with Gasteiger partial charge in [-0.3, -0.25) is 9.63 Å². The van der Waals surface area contributed by atoms with Gasteiger partial charge in [0.25, 0.3) is 0 Å². The highest BCUT2D eigenvalue weighted by molar-refractivity contribution is 5.76. The van der Waals surface area contributed by atoms with E-state index in [1.807, 2.05) is 30.3 Å². The molecule has 0 unspecified atom stereocenters. The molecule has 4 nitrogen and oxygen atoms in total. The van der Waals surface area contributed by atoms with Crippen molar-refractivity contribution < 1.29 is 9.63 Å². The fourth-order valence-electron chi connectivity index (χ4n) is 2.58. The fraction of sp³-hybridized carbons (Fsp3) is 0.533. The van der Waals surface area contributed by atoms with Gasteiger partial charge in [0.1, 0.15) is 0 Å². The molecular weight excluding hydrogens is 240 g/mol. The van der Waals surface area contributed by atoms with E-state index < -0.39 is 0 Å². The monoisotopic (exact) mass is 262 g/mol. The molecule has 1 amide bonds. The van der Waals surface area contributed by atoms with Gasteiger partial charge in [-0.25, -0.2) is 0 Å². The van der Waals surface area contributed by atoms with Gasteiger partial charge in [-0.05, 0) is 31.2 Å². The van der Waals surface area contributed by atoms with E-state index in [-0.39, 0.29) is 11.8 Å².